The van der Waals surface area contributed by atoms with Gasteiger partial charge in [-0.05, 0) is 25.8 Å². The molecule has 1 aliphatic rings. The Morgan fingerprint density at radius 1 is 1.62 bits per heavy atom. The first-order chi connectivity index (χ1) is 7.59. The van der Waals surface area contributed by atoms with Gasteiger partial charge in [-0.1, -0.05) is 6.92 Å². The molecule has 1 rings (SSSR count). The fourth-order valence-corrected chi connectivity index (χ4v) is 2.25. The second kappa shape index (κ2) is 7.01. The molecule has 0 aliphatic carbocycles. The molecule has 1 amide bonds. The van der Waals surface area contributed by atoms with Gasteiger partial charge in [0.2, 0.25) is 5.91 Å². The molecule has 1 aliphatic heterocycles. The highest BCUT2D eigenvalue weighted by Gasteiger charge is 2.16. The second-order valence-corrected chi connectivity index (χ2v) is 6.25. The van der Waals surface area contributed by atoms with Gasteiger partial charge in [-0.15, -0.1) is 0 Å². The Morgan fingerprint density at radius 2 is 2.38 bits per heavy atom. The summed E-state index contributed by atoms with van der Waals surface area (Å²) in [5.41, 5.74) is 0. The number of nitrogens with one attached hydrogen (secondary N) is 2. The van der Waals surface area contributed by atoms with Crippen molar-refractivity contribution in [2.45, 2.75) is 43.9 Å². The molecule has 4 nitrogen and oxygen atoms in total. The van der Waals surface area contributed by atoms with Crippen molar-refractivity contribution < 1.29 is 9.00 Å². The quantitative estimate of drug-likeness (QED) is 0.738. The number of carbonyl (C=O) groups is 1. The van der Waals surface area contributed by atoms with E-state index in [1.807, 2.05) is 6.92 Å². The van der Waals surface area contributed by atoms with Crippen LogP contribution in [0.1, 0.15) is 32.6 Å². The summed E-state index contributed by atoms with van der Waals surface area (Å²) >= 11 is 0. The molecule has 0 bridgehead atoms. The molecule has 2 N–H and O–H groups in total. The molecule has 3 atom stereocenters. The second-order valence-electron chi connectivity index (χ2n) is 4.45. The van der Waals surface area contributed by atoms with Gasteiger partial charge in [-0.2, -0.15) is 0 Å². The lowest BCUT2D eigenvalue weighted by atomic mass is 10.1. The minimum atomic E-state index is -0.746. The molecule has 1 heterocycles. The van der Waals surface area contributed by atoms with Crippen molar-refractivity contribution in [1.82, 2.24) is 10.6 Å². The zero-order valence-corrected chi connectivity index (χ0v) is 10.9. The normalized spacial score (nSPS) is 25.6. The van der Waals surface area contributed by atoms with Crippen LogP contribution in [0.15, 0.2) is 0 Å². The molecule has 16 heavy (non-hydrogen) atoms. The van der Waals surface area contributed by atoms with Crippen molar-refractivity contribution in [2.24, 2.45) is 0 Å². The Morgan fingerprint density at radius 3 is 3.06 bits per heavy atom. The fraction of sp³-hybridized carbons (Fsp3) is 0.909. The molecule has 0 aromatic heterocycles. The van der Waals surface area contributed by atoms with Crippen LogP contribution >= 0.6 is 0 Å². The minimum absolute atomic E-state index is 0.141. The van der Waals surface area contributed by atoms with E-state index in [1.165, 1.54) is 0 Å². The van der Waals surface area contributed by atoms with E-state index < -0.39 is 10.8 Å². The van der Waals surface area contributed by atoms with Gasteiger partial charge < -0.3 is 10.6 Å². The number of rotatable bonds is 5. The van der Waals surface area contributed by atoms with Gasteiger partial charge in [0.25, 0.3) is 0 Å². The van der Waals surface area contributed by atoms with Gasteiger partial charge in [0.1, 0.15) is 0 Å². The van der Waals surface area contributed by atoms with E-state index in [4.69, 9.17) is 0 Å². The molecule has 94 valence electrons. The van der Waals surface area contributed by atoms with E-state index in [2.05, 4.69) is 10.6 Å². The van der Waals surface area contributed by atoms with E-state index >= 15 is 0 Å². The number of hydrogen-bond donors (Lipinski definition) is 2. The predicted molar refractivity (Wildman–Crippen MR) is 66.8 cm³/mol. The average molecular weight is 246 g/mol. The maximum atomic E-state index is 11.3. The summed E-state index contributed by atoms with van der Waals surface area (Å²) in [4.78, 5) is 11.3. The van der Waals surface area contributed by atoms with Crippen LogP contribution in [0.5, 0.6) is 0 Å². The van der Waals surface area contributed by atoms with Crippen LogP contribution in [0.3, 0.4) is 0 Å². The Hall–Kier alpha value is -0.420. The third kappa shape index (κ3) is 5.07. The lowest BCUT2D eigenvalue weighted by Gasteiger charge is -2.16. The first-order valence-electron chi connectivity index (χ1n) is 5.92. The van der Waals surface area contributed by atoms with Crippen molar-refractivity contribution in [3.8, 4) is 0 Å². The van der Waals surface area contributed by atoms with E-state index in [-0.39, 0.29) is 11.2 Å². The smallest absolute Gasteiger partial charge is 0.221 e. The topological polar surface area (TPSA) is 58.2 Å². The Labute approximate surface area is 100 Å². The fourth-order valence-electron chi connectivity index (χ4n) is 1.81. The van der Waals surface area contributed by atoms with Gasteiger partial charge in [0, 0.05) is 41.3 Å². The molecule has 1 fully saturated rings. The van der Waals surface area contributed by atoms with Gasteiger partial charge in [0.05, 0.1) is 0 Å². The number of carbonyl (C=O) groups excluding carboxylic acids is 1. The van der Waals surface area contributed by atoms with Gasteiger partial charge in [0.15, 0.2) is 0 Å². The summed E-state index contributed by atoms with van der Waals surface area (Å²) in [5.74, 6) is 0.141. The van der Waals surface area contributed by atoms with E-state index in [9.17, 15) is 9.00 Å². The summed E-state index contributed by atoms with van der Waals surface area (Å²) in [5, 5.41) is 6.48. The predicted octanol–water partition coefficient (Wildman–Crippen LogP) is 0.402. The van der Waals surface area contributed by atoms with Crippen molar-refractivity contribution in [2.75, 3.05) is 19.3 Å². The van der Waals surface area contributed by atoms with Crippen LogP contribution in [-0.4, -0.2) is 40.8 Å². The molecule has 0 aromatic carbocycles. The number of amides is 1. The van der Waals surface area contributed by atoms with Crippen LogP contribution in [0.2, 0.25) is 0 Å². The summed E-state index contributed by atoms with van der Waals surface area (Å²) in [7, 11) is -0.746. The molecule has 5 heteroatoms. The molecule has 1 saturated heterocycles. The Bertz CT molecular complexity index is 258. The van der Waals surface area contributed by atoms with Crippen LogP contribution in [-0.2, 0) is 15.6 Å². The van der Waals surface area contributed by atoms with Gasteiger partial charge >= 0.3 is 0 Å². The maximum absolute atomic E-state index is 11.3. The molecule has 0 radical (unpaired) electrons. The summed E-state index contributed by atoms with van der Waals surface area (Å²) < 4.78 is 11.2. The molecule has 3 unspecified atom stereocenters. The van der Waals surface area contributed by atoms with Crippen molar-refractivity contribution in [3.63, 3.8) is 0 Å². The van der Waals surface area contributed by atoms with Crippen molar-refractivity contribution in [3.05, 3.63) is 0 Å². The average Bonchev–Trinajstić information content (AvgIpc) is 2.42. The minimum Gasteiger partial charge on any atom is -0.356 e. The highest BCUT2D eigenvalue weighted by Crippen LogP contribution is 2.06. The summed E-state index contributed by atoms with van der Waals surface area (Å²) in [6.45, 7) is 3.64. The molecule has 0 saturated carbocycles. The summed E-state index contributed by atoms with van der Waals surface area (Å²) in [6.07, 6.45) is 5.30. The van der Waals surface area contributed by atoms with Crippen molar-refractivity contribution >= 4 is 16.7 Å². The van der Waals surface area contributed by atoms with Crippen LogP contribution in [0.25, 0.3) is 0 Å². The van der Waals surface area contributed by atoms with Crippen molar-refractivity contribution in [1.29, 1.82) is 0 Å². The van der Waals surface area contributed by atoms with Gasteiger partial charge in [-0.3, -0.25) is 9.00 Å². The monoisotopic (exact) mass is 246 g/mol. The zero-order chi connectivity index (χ0) is 12.0. The maximum Gasteiger partial charge on any atom is 0.221 e. The SMILES string of the molecule is CC(CCNC1CCCNC(=O)C1)S(C)=O. The largest absolute Gasteiger partial charge is 0.356 e. The number of hydrogen-bond acceptors (Lipinski definition) is 3. The summed E-state index contributed by atoms with van der Waals surface area (Å²) in [6, 6.07) is 0.292. The van der Waals surface area contributed by atoms with Gasteiger partial charge in [-0.25, -0.2) is 0 Å². The van der Waals surface area contributed by atoms with Crippen LogP contribution in [0.4, 0.5) is 0 Å². The molecular formula is C11H22N2O2S. The lowest BCUT2D eigenvalue weighted by molar-refractivity contribution is -0.121. The molecular weight excluding hydrogens is 224 g/mol. The standard InChI is InChI=1S/C11H22N2O2S/c1-9(16(2)15)5-7-12-10-4-3-6-13-11(14)8-10/h9-10,12H,3-8H2,1-2H3,(H,13,14). The Kier molecular flexibility index (Phi) is 5.98. The third-order valence-electron chi connectivity index (χ3n) is 3.03. The van der Waals surface area contributed by atoms with E-state index in [0.717, 1.165) is 32.4 Å². The van der Waals surface area contributed by atoms with E-state index in [0.29, 0.717) is 12.5 Å². The zero-order valence-electron chi connectivity index (χ0n) is 10.1. The Balaban J connectivity index is 2.21. The van der Waals surface area contributed by atoms with Crippen LogP contribution < -0.4 is 10.6 Å². The third-order valence-corrected chi connectivity index (χ3v) is 4.40. The molecule has 0 spiro atoms. The van der Waals surface area contributed by atoms with E-state index in [1.54, 1.807) is 6.26 Å². The highest BCUT2D eigenvalue weighted by molar-refractivity contribution is 7.84. The first kappa shape index (κ1) is 13.6. The van der Waals surface area contributed by atoms with Crippen LogP contribution in [0, 0.1) is 0 Å². The lowest BCUT2D eigenvalue weighted by Crippen LogP contribution is -2.34. The highest BCUT2D eigenvalue weighted by atomic mass is 32.2. The molecule has 0 aromatic rings. The first-order valence-corrected chi connectivity index (χ1v) is 7.54.